The first kappa shape index (κ1) is 16.3. The number of allylic oxidation sites excluding steroid dienone is 4. The Morgan fingerprint density at radius 2 is 1.04 bits per heavy atom. The lowest BCUT2D eigenvalue weighted by molar-refractivity contribution is -0.120. The molecule has 24 heavy (non-hydrogen) atoms. The Bertz CT molecular complexity index is 508. The highest BCUT2D eigenvalue weighted by atomic mass is 16.1. The van der Waals surface area contributed by atoms with Gasteiger partial charge in [0.2, 0.25) is 0 Å². The summed E-state index contributed by atoms with van der Waals surface area (Å²) >= 11 is 0. The van der Waals surface area contributed by atoms with Crippen LogP contribution in [0.4, 0.5) is 0 Å². The van der Waals surface area contributed by atoms with E-state index in [1.807, 2.05) is 0 Å². The molecule has 0 saturated heterocycles. The summed E-state index contributed by atoms with van der Waals surface area (Å²) in [5.74, 6) is 3.64. The Kier molecular flexibility index (Phi) is 4.74. The van der Waals surface area contributed by atoms with Crippen LogP contribution in [0.3, 0.4) is 0 Å². The number of hydrogen-bond acceptors (Lipinski definition) is 2. The molecule has 0 spiro atoms. The molecule has 4 aliphatic rings. The summed E-state index contributed by atoms with van der Waals surface area (Å²) in [6, 6.07) is 0. The van der Waals surface area contributed by atoms with Crippen molar-refractivity contribution in [3.8, 4) is 0 Å². The second kappa shape index (κ2) is 6.98. The van der Waals surface area contributed by atoms with Crippen LogP contribution in [0.2, 0.25) is 0 Å². The number of hydrogen-bond donors (Lipinski definition) is 0. The van der Waals surface area contributed by atoms with Crippen LogP contribution in [0, 0.1) is 35.5 Å². The minimum Gasteiger partial charge on any atom is -0.299 e. The zero-order valence-electron chi connectivity index (χ0n) is 14.7. The highest BCUT2D eigenvalue weighted by Crippen LogP contribution is 2.45. The Hall–Kier alpha value is -1.18. The third kappa shape index (κ3) is 3.05. The van der Waals surface area contributed by atoms with E-state index < -0.39 is 0 Å². The molecule has 4 aliphatic carbocycles. The number of fused-ring (bicyclic) bond motifs is 2. The average molecular weight is 326 g/mol. The van der Waals surface area contributed by atoms with Gasteiger partial charge in [0.1, 0.15) is 11.6 Å². The fourth-order valence-electron chi connectivity index (χ4n) is 6.06. The molecule has 4 saturated carbocycles. The van der Waals surface area contributed by atoms with Crippen molar-refractivity contribution in [2.75, 3.05) is 0 Å². The van der Waals surface area contributed by atoms with Gasteiger partial charge in [0.15, 0.2) is 0 Å². The molecule has 0 radical (unpaired) electrons. The van der Waals surface area contributed by atoms with E-state index in [2.05, 4.69) is 24.3 Å². The summed E-state index contributed by atoms with van der Waals surface area (Å²) in [6.07, 6.45) is 20.1. The Balaban J connectivity index is 1.39. The van der Waals surface area contributed by atoms with Gasteiger partial charge in [-0.3, -0.25) is 9.59 Å². The van der Waals surface area contributed by atoms with Gasteiger partial charge in [0.25, 0.3) is 0 Å². The molecule has 4 fully saturated rings. The van der Waals surface area contributed by atoms with Gasteiger partial charge in [-0.15, -0.1) is 0 Å². The van der Waals surface area contributed by atoms with E-state index in [0.717, 1.165) is 12.8 Å². The summed E-state index contributed by atoms with van der Waals surface area (Å²) in [4.78, 5) is 24.6. The van der Waals surface area contributed by atoms with Crippen LogP contribution in [0.5, 0.6) is 0 Å². The van der Waals surface area contributed by atoms with Crippen LogP contribution >= 0.6 is 0 Å². The van der Waals surface area contributed by atoms with E-state index in [1.54, 1.807) is 0 Å². The maximum atomic E-state index is 12.3. The molecule has 0 heterocycles. The molecule has 130 valence electrons. The highest BCUT2D eigenvalue weighted by Gasteiger charge is 2.42. The van der Waals surface area contributed by atoms with E-state index in [-0.39, 0.29) is 11.8 Å². The van der Waals surface area contributed by atoms with E-state index >= 15 is 0 Å². The molecule has 2 heteroatoms. The van der Waals surface area contributed by atoms with Crippen LogP contribution in [-0.2, 0) is 9.59 Å². The third-order valence-electron chi connectivity index (χ3n) is 7.28. The Morgan fingerprint density at radius 3 is 1.50 bits per heavy atom. The molecule has 0 amide bonds. The molecule has 0 bridgehead atoms. The summed E-state index contributed by atoms with van der Waals surface area (Å²) in [5, 5.41) is 0. The van der Waals surface area contributed by atoms with Crippen LogP contribution in [0.25, 0.3) is 0 Å². The summed E-state index contributed by atoms with van der Waals surface area (Å²) in [7, 11) is 0. The Morgan fingerprint density at radius 1 is 0.625 bits per heavy atom. The van der Waals surface area contributed by atoms with Crippen molar-refractivity contribution in [2.24, 2.45) is 35.5 Å². The smallest absolute Gasteiger partial charge is 0.140 e. The zero-order chi connectivity index (χ0) is 16.5. The van der Waals surface area contributed by atoms with Crippen molar-refractivity contribution in [2.45, 2.75) is 64.2 Å². The SMILES string of the molecule is O=C1C[C@@H]2CCCC[C@H]2C1/C=C/C=C/C1C(=O)C[C@@H]2CCCC[C@@H]12. The zero-order valence-corrected chi connectivity index (χ0v) is 14.7. The van der Waals surface area contributed by atoms with Gasteiger partial charge >= 0.3 is 0 Å². The molecule has 2 nitrogen and oxygen atoms in total. The number of carbonyl (C=O) groups excluding carboxylic acids is 2. The lowest BCUT2D eigenvalue weighted by Gasteiger charge is -2.27. The maximum absolute atomic E-state index is 12.3. The van der Waals surface area contributed by atoms with Crippen LogP contribution < -0.4 is 0 Å². The second-order valence-corrected chi connectivity index (χ2v) is 8.58. The van der Waals surface area contributed by atoms with Gasteiger partial charge in [-0.05, 0) is 49.4 Å². The fourth-order valence-corrected chi connectivity index (χ4v) is 6.06. The standard InChI is InChI=1S/C22H30O2/c23-21-13-15-7-1-3-9-17(15)19(21)11-5-6-12-20-18-10-4-2-8-16(18)14-22(20)24/h5-6,11-12,15-20H,1-4,7-10,13-14H2/b11-5+,12-6+/t15-,16-,17+,18+,19?,20?/m0/s1. The second-order valence-electron chi connectivity index (χ2n) is 8.58. The normalized spacial score (nSPS) is 42.8. The third-order valence-corrected chi connectivity index (χ3v) is 7.28. The first-order valence-electron chi connectivity index (χ1n) is 10.1. The van der Waals surface area contributed by atoms with Crippen molar-refractivity contribution in [1.29, 1.82) is 0 Å². The van der Waals surface area contributed by atoms with Crippen molar-refractivity contribution >= 4 is 11.6 Å². The molecular formula is C22H30O2. The maximum Gasteiger partial charge on any atom is 0.140 e. The molecular weight excluding hydrogens is 296 g/mol. The van der Waals surface area contributed by atoms with Crippen LogP contribution in [0.15, 0.2) is 24.3 Å². The van der Waals surface area contributed by atoms with Gasteiger partial charge < -0.3 is 0 Å². The molecule has 6 atom stereocenters. The predicted molar refractivity (Wildman–Crippen MR) is 95.4 cm³/mol. The van der Waals surface area contributed by atoms with E-state index in [0.29, 0.717) is 35.2 Å². The number of rotatable bonds is 3. The number of ketones is 2. The van der Waals surface area contributed by atoms with Gasteiger partial charge in [0.05, 0.1) is 0 Å². The quantitative estimate of drug-likeness (QED) is 0.692. The molecule has 0 aromatic carbocycles. The van der Waals surface area contributed by atoms with Crippen LogP contribution in [0.1, 0.15) is 64.2 Å². The Labute approximate surface area is 145 Å². The molecule has 2 unspecified atom stereocenters. The van der Waals surface area contributed by atoms with E-state index in [4.69, 9.17) is 0 Å². The molecule has 0 aromatic rings. The lowest BCUT2D eigenvalue weighted by Crippen LogP contribution is -2.19. The molecule has 0 aromatic heterocycles. The largest absolute Gasteiger partial charge is 0.299 e. The molecule has 0 N–H and O–H groups in total. The fraction of sp³-hybridized carbons (Fsp3) is 0.727. The van der Waals surface area contributed by atoms with E-state index in [1.165, 1.54) is 51.4 Å². The average Bonchev–Trinajstić information content (AvgIpc) is 3.08. The van der Waals surface area contributed by atoms with Crippen LogP contribution in [-0.4, -0.2) is 11.6 Å². The number of carbonyl (C=O) groups is 2. The lowest BCUT2D eigenvalue weighted by atomic mass is 9.77. The minimum absolute atomic E-state index is 0.140. The molecule has 4 rings (SSSR count). The van der Waals surface area contributed by atoms with Crippen molar-refractivity contribution in [3.05, 3.63) is 24.3 Å². The van der Waals surface area contributed by atoms with Crippen molar-refractivity contribution < 1.29 is 9.59 Å². The van der Waals surface area contributed by atoms with E-state index in [9.17, 15) is 9.59 Å². The topological polar surface area (TPSA) is 34.1 Å². The number of Topliss-reactive ketones (excluding diaryl/α,β-unsaturated/α-hetero) is 2. The minimum atomic E-state index is 0.140. The van der Waals surface area contributed by atoms with Crippen molar-refractivity contribution in [3.63, 3.8) is 0 Å². The predicted octanol–water partition coefficient (Wildman–Crippen LogP) is 4.89. The highest BCUT2D eigenvalue weighted by molar-refractivity contribution is 5.86. The summed E-state index contributed by atoms with van der Waals surface area (Å²) < 4.78 is 0. The first-order chi connectivity index (χ1) is 11.7. The molecule has 0 aliphatic heterocycles. The van der Waals surface area contributed by atoms with Gasteiger partial charge in [-0.2, -0.15) is 0 Å². The van der Waals surface area contributed by atoms with Crippen molar-refractivity contribution in [1.82, 2.24) is 0 Å². The first-order valence-corrected chi connectivity index (χ1v) is 10.1. The summed E-state index contributed by atoms with van der Waals surface area (Å²) in [6.45, 7) is 0. The monoisotopic (exact) mass is 326 g/mol. The van der Waals surface area contributed by atoms with Gasteiger partial charge in [-0.1, -0.05) is 50.0 Å². The van der Waals surface area contributed by atoms with Gasteiger partial charge in [0, 0.05) is 24.7 Å². The van der Waals surface area contributed by atoms with Gasteiger partial charge in [-0.25, -0.2) is 0 Å². The summed E-state index contributed by atoms with van der Waals surface area (Å²) in [5.41, 5.74) is 0.